The lowest BCUT2D eigenvalue weighted by Crippen LogP contribution is -2.10. The Bertz CT molecular complexity index is 630. The maximum Gasteiger partial charge on any atom is 0.226 e. The minimum Gasteiger partial charge on any atom is -0.302 e. The van der Waals surface area contributed by atoms with Crippen LogP contribution in [-0.2, 0) is 16.0 Å². The number of thiazole rings is 1. The highest BCUT2D eigenvalue weighted by atomic mass is 32.2. The average Bonchev–Trinajstić information content (AvgIpc) is 3.13. The van der Waals surface area contributed by atoms with E-state index in [0.29, 0.717) is 18.0 Å². The Labute approximate surface area is 157 Å². The van der Waals surface area contributed by atoms with Crippen molar-refractivity contribution in [2.75, 3.05) is 11.1 Å². The van der Waals surface area contributed by atoms with Gasteiger partial charge in [-0.05, 0) is 24.8 Å². The van der Waals surface area contributed by atoms with Crippen LogP contribution in [0.1, 0.15) is 44.1 Å². The molecule has 4 nitrogen and oxygen atoms in total. The van der Waals surface area contributed by atoms with Gasteiger partial charge in [0.1, 0.15) is 0 Å². The van der Waals surface area contributed by atoms with Crippen LogP contribution < -0.4 is 5.32 Å². The third kappa shape index (κ3) is 8.84. The molecule has 0 bridgehead atoms. The van der Waals surface area contributed by atoms with E-state index in [1.165, 1.54) is 28.7 Å². The van der Waals surface area contributed by atoms with Crippen molar-refractivity contribution in [3.63, 3.8) is 0 Å². The van der Waals surface area contributed by atoms with Crippen molar-refractivity contribution in [2.45, 2.75) is 44.9 Å². The Morgan fingerprint density at radius 2 is 1.84 bits per heavy atom. The van der Waals surface area contributed by atoms with Gasteiger partial charge in [0.2, 0.25) is 5.91 Å². The zero-order valence-corrected chi connectivity index (χ0v) is 15.9. The summed E-state index contributed by atoms with van der Waals surface area (Å²) in [5.41, 5.74) is 1.22. The second-order valence-corrected chi connectivity index (χ2v) is 7.80. The third-order valence-electron chi connectivity index (χ3n) is 3.70. The molecule has 1 amide bonds. The van der Waals surface area contributed by atoms with Gasteiger partial charge in [0.25, 0.3) is 0 Å². The normalized spacial score (nSPS) is 10.6. The van der Waals surface area contributed by atoms with Crippen molar-refractivity contribution < 1.29 is 9.59 Å². The van der Waals surface area contributed by atoms with Gasteiger partial charge in [0.15, 0.2) is 10.2 Å². The SMILES string of the molecule is O=C(CCCCCCSC(=O)CCc1ccccc1)Nc1nccs1. The number of carbonyl (C=O) groups is 2. The number of rotatable bonds is 11. The van der Waals surface area contributed by atoms with Crippen LogP contribution in [0, 0.1) is 0 Å². The monoisotopic (exact) mass is 376 g/mol. The van der Waals surface area contributed by atoms with Crippen LogP contribution in [0.5, 0.6) is 0 Å². The van der Waals surface area contributed by atoms with Gasteiger partial charge in [0, 0.05) is 30.2 Å². The molecule has 0 saturated heterocycles. The summed E-state index contributed by atoms with van der Waals surface area (Å²) in [6.45, 7) is 0. The second kappa shape index (κ2) is 11.8. The molecule has 0 saturated carbocycles. The molecule has 1 heterocycles. The lowest BCUT2D eigenvalue weighted by molar-refractivity contribution is -0.116. The number of hydrogen-bond acceptors (Lipinski definition) is 5. The molecule has 0 spiro atoms. The molecule has 2 aromatic rings. The van der Waals surface area contributed by atoms with Crippen LogP contribution in [0.15, 0.2) is 41.9 Å². The van der Waals surface area contributed by atoms with E-state index >= 15 is 0 Å². The topological polar surface area (TPSA) is 59.1 Å². The van der Waals surface area contributed by atoms with Crippen molar-refractivity contribution in [1.82, 2.24) is 4.98 Å². The lowest BCUT2D eigenvalue weighted by Gasteiger charge is -2.03. The Morgan fingerprint density at radius 3 is 2.60 bits per heavy atom. The average molecular weight is 377 g/mol. The van der Waals surface area contributed by atoms with Crippen LogP contribution in [0.3, 0.4) is 0 Å². The van der Waals surface area contributed by atoms with E-state index in [9.17, 15) is 9.59 Å². The number of hydrogen-bond donors (Lipinski definition) is 1. The van der Waals surface area contributed by atoms with Crippen LogP contribution in [-0.4, -0.2) is 21.8 Å². The molecular formula is C19H24N2O2S2. The Kier molecular flexibility index (Phi) is 9.29. The minimum absolute atomic E-state index is 0.0282. The number of aromatic nitrogens is 1. The fourth-order valence-corrected chi connectivity index (χ4v) is 3.72. The van der Waals surface area contributed by atoms with Crippen molar-refractivity contribution >= 4 is 39.3 Å². The predicted octanol–water partition coefficient (Wildman–Crippen LogP) is 4.92. The van der Waals surface area contributed by atoms with Crippen molar-refractivity contribution in [2.24, 2.45) is 0 Å². The molecule has 134 valence electrons. The molecule has 6 heteroatoms. The van der Waals surface area contributed by atoms with Gasteiger partial charge in [-0.25, -0.2) is 4.98 Å². The van der Waals surface area contributed by atoms with Crippen molar-refractivity contribution in [1.29, 1.82) is 0 Å². The van der Waals surface area contributed by atoms with Crippen LogP contribution in [0.4, 0.5) is 5.13 Å². The smallest absolute Gasteiger partial charge is 0.226 e. The van der Waals surface area contributed by atoms with Crippen molar-refractivity contribution in [3.05, 3.63) is 47.5 Å². The fourth-order valence-electron chi connectivity index (χ4n) is 2.36. The number of unbranched alkanes of at least 4 members (excludes halogenated alkanes) is 3. The van der Waals surface area contributed by atoms with Gasteiger partial charge in [-0.1, -0.05) is 54.9 Å². The summed E-state index contributed by atoms with van der Waals surface area (Å²) >= 11 is 2.87. The number of carbonyl (C=O) groups excluding carboxylic acids is 2. The van der Waals surface area contributed by atoms with Gasteiger partial charge >= 0.3 is 0 Å². The Balaban J connectivity index is 1.42. The van der Waals surface area contributed by atoms with Gasteiger partial charge in [-0.2, -0.15) is 0 Å². The molecule has 1 aromatic carbocycles. The first-order chi connectivity index (χ1) is 12.2. The molecule has 0 unspecified atom stereocenters. The van der Waals surface area contributed by atoms with E-state index in [1.54, 1.807) is 6.20 Å². The highest BCUT2D eigenvalue weighted by molar-refractivity contribution is 8.13. The van der Waals surface area contributed by atoms with Crippen molar-refractivity contribution in [3.8, 4) is 0 Å². The number of aryl methyl sites for hydroxylation is 1. The first-order valence-corrected chi connectivity index (χ1v) is 10.5. The molecule has 25 heavy (non-hydrogen) atoms. The summed E-state index contributed by atoms with van der Waals surface area (Å²) in [6.07, 6.45) is 7.61. The van der Waals surface area contributed by atoms with Gasteiger partial charge in [0.05, 0.1) is 0 Å². The highest BCUT2D eigenvalue weighted by Gasteiger charge is 2.05. The molecule has 0 aliphatic carbocycles. The van der Waals surface area contributed by atoms with Crippen LogP contribution in [0.2, 0.25) is 0 Å². The third-order valence-corrected chi connectivity index (χ3v) is 5.41. The quantitative estimate of drug-likeness (QED) is 0.565. The maximum absolute atomic E-state index is 11.9. The summed E-state index contributed by atoms with van der Waals surface area (Å²) < 4.78 is 0. The largest absolute Gasteiger partial charge is 0.302 e. The van der Waals surface area contributed by atoms with Gasteiger partial charge < -0.3 is 5.32 Å². The maximum atomic E-state index is 11.9. The lowest BCUT2D eigenvalue weighted by atomic mass is 10.1. The molecule has 0 aliphatic heterocycles. The zero-order valence-electron chi connectivity index (χ0n) is 14.3. The molecule has 0 fully saturated rings. The van der Waals surface area contributed by atoms with E-state index < -0.39 is 0 Å². The summed E-state index contributed by atoms with van der Waals surface area (Å²) in [4.78, 5) is 27.6. The van der Waals surface area contributed by atoms with E-state index in [0.717, 1.165) is 37.9 Å². The summed E-state index contributed by atoms with van der Waals surface area (Å²) in [7, 11) is 0. The van der Waals surface area contributed by atoms with Gasteiger partial charge in [-0.15, -0.1) is 11.3 Å². The molecule has 2 rings (SSSR count). The predicted molar refractivity (Wildman–Crippen MR) is 106 cm³/mol. The fraction of sp³-hybridized carbons (Fsp3) is 0.421. The molecule has 0 atom stereocenters. The van der Waals surface area contributed by atoms with E-state index in [2.05, 4.69) is 22.4 Å². The summed E-state index contributed by atoms with van der Waals surface area (Å²) in [6, 6.07) is 10.1. The van der Waals surface area contributed by atoms with Crippen LogP contribution >= 0.6 is 23.1 Å². The Hall–Kier alpha value is -1.66. The van der Waals surface area contributed by atoms with E-state index in [4.69, 9.17) is 0 Å². The number of nitrogens with one attached hydrogen (secondary N) is 1. The summed E-state index contributed by atoms with van der Waals surface area (Å²) in [5, 5.41) is 5.56. The molecular weight excluding hydrogens is 352 g/mol. The summed E-state index contributed by atoms with van der Waals surface area (Å²) in [5.74, 6) is 0.902. The van der Waals surface area contributed by atoms with E-state index in [1.807, 2.05) is 23.6 Å². The molecule has 1 N–H and O–H groups in total. The molecule has 1 aromatic heterocycles. The Morgan fingerprint density at radius 1 is 1.04 bits per heavy atom. The van der Waals surface area contributed by atoms with Gasteiger partial charge in [-0.3, -0.25) is 9.59 Å². The standard InChI is InChI=1S/C19H24N2O2S2/c22-17(21-19-20-13-15-25-19)10-6-1-2-7-14-24-18(23)12-11-16-8-4-3-5-9-16/h3-5,8-9,13,15H,1-2,6-7,10-12,14H2,(H,20,21,22). The number of anilines is 1. The van der Waals surface area contributed by atoms with E-state index in [-0.39, 0.29) is 11.0 Å². The second-order valence-electron chi connectivity index (χ2n) is 5.76. The molecule has 0 radical (unpaired) electrons. The number of benzene rings is 1. The first-order valence-electron chi connectivity index (χ1n) is 8.63. The molecule has 0 aliphatic rings. The number of amides is 1. The number of thioether (sulfide) groups is 1. The van der Waals surface area contributed by atoms with Crippen LogP contribution in [0.25, 0.3) is 0 Å². The zero-order chi connectivity index (χ0) is 17.7. The first kappa shape index (κ1) is 19.7. The number of nitrogens with zero attached hydrogens (tertiary/aromatic N) is 1. The highest BCUT2D eigenvalue weighted by Crippen LogP contribution is 2.14. The minimum atomic E-state index is 0.0282.